The fourth-order valence-corrected chi connectivity index (χ4v) is 2.96. The van der Waals surface area contributed by atoms with Gasteiger partial charge in [0.25, 0.3) is 0 Å². The lowest BCUT2D eigenvalue weighted by Crippen LogP contribution is -2.42. The summed E-state index contributed by atoms with van der Waals surface area (Å²) in [4.78, 5) is 26.8. The third kappa shape index (κ3) is 6.20. The average Bonchev–Trinajstić information content (AvgIpc) is 2.67. The van der Waals surface area contributed by atoms with Crippen LogP contribution in [0.25, 0.3) is 0 Å². The number of amides is 2. The summed E-state index contributed by atoms with van der Waals surface area (Å²) in [5.74, 6) is -0.743. The number of halogens is 1. The molecule has 144 valence electrons. The SMILES string of the molecule is CCCCCNC(=O)[C@H](c1ccccc1)N(Cc1ccc(F)cc1)C(C)=O. The highest BCUT2D eigenvalue weighted by Gasteiger charge is 2.29. The second-order valence-corrected chi connectivity index (χ2v) is 6.58. The van der Waals surface area contributed by atoms with Gasteiger partial charge in [-0.15, -0.1) is 0 Å². The Bertz CT molecular complexity index is 732. The molecular weight excluding hydrogens is 343 g/mol. The maximum absolute atomic E-state index is 13.2. The molecule has 0 radical (unpaired) electrons. The molecule has 0 spiro atoms. The lowest BCUT2D eigenvalue weighted by atomic mass is 10.0. The smallest absolute Gasteiger partial charge is 0.247 e. The summed E-state index contributed by atoms with van der Waals surface area (Å²) < 4.78 is 13.2. The molecule has 0 unspecified atom stereocenters. The van der Waals surface area contributed by atoms with Gasteiger partial charge >= 0.3 is 0 Å². The maximum atomic E-state index is 13.2. The molecule has 2 aromatic carbocycles. The number of carbonyl (C=O) groups is 2. The van der Waals surface area contributed by atoms with Gasteiger partial charge in [0, 0.05) is 20.0 Å². The molecule has 0 heterocycles. The molecule has 0 aliphatic carbocycles. The van der Waals surface area contributed by atoms with Crippen molar-refractivity contribution >= 4 is 11.8 Å². The van der Waals surface area contributed by atoms with E-state index in [0.717, 1.165) is 30.4 Å². The standard InChI is InChI=1S/C22H27FN2O2/c1-3-4-8-15-24-22(27)21(19-9-6-5-7-10-19)25(17(2)26)16-18-11-13-20(23)14-12-18/h5-7,9-14,21H,3-4,8,15-16H2,1-2H3,(H,24,27)/t21-/m0/s1. The van der Waals surface area contributed by atoms with E-state index in [1.54, 1.807) is 12.1 Å². The monoisotopic (exact) mass is 370 g/mol. The fourth-order valence-electron chi connectivity index (χ4n) is 2.96. The first-order valence-corrected chi connectivity index (χ1v) is 9.37. The van der Waals surface area contributed by atoms with Gasteiger partial charge in [-0.05, 0) is 29.7 Å². The van der Waals surface area contributed by atoms with Gasteiger partial charge in [0.15, 0.2) is 0 Å². The fraction of sp³-hybridized carbons (Fsp3) is 0.364. The molecule has 0 saturated heterocycles. The quantitative estimate of drug-likeness (QED) is 0.672. The van der Waals surface area contributed by atoms with Gasteiger partial charge in [0.05, 0.1) is 0 Å². The highest BCUT2D eigenvalue weighted by Crippen LogP contribution is 2.24. The molecule has 5 heteroatoms. The molecule has 27 heavy (non-hydrogen) atoms. The molecule has 2 amide bonds. The minimum atomic E-state index is -0.727. The summed E-state index contributed by atoms with van der Waals surface area (Å²) in [6.45, 7) is 4.37. The number of rotatable bonds is 9. The van der Waals surface area contributed by atoms with Crippen LogP contribution in [-0.4, -0.2) is 23.3 Å². The van der Waals surface area contributed by atoms with Crippen LogP contribution in [0, 0.1) is 5.82 Å². The van der Waals surface area contributed by atoms with E-state index in [9.17, 15) is 14.0 Å². The van der Waals surface area contributed by atoms with E-state index < -0.39 is 6.04 Å². The first-order chi connectivity index (χ1) is 13.0. The molecule has 1 atom stereocenters. The van der Waals surface area contributed by atoms with E-state index in [0.29, 0.717) is 6.54 Å². The third-order valence-electron chi connectivity index (χ3n) is 4.43. The minimum absolute atomic E-state index is 0.199. The van der Waals surface area contributed by atoms with Crippen molar-refractivity contribution in [2.75, 3.05) is 6.54 Å². The highest BCUT2D eigenvalue weighted by atomic mass is 19.1. The van der Waals surface area contributed by atoms with E-state index in [1.165, 1.54) is 24.0 Å². The lowest BCUT2D eigenvalue weighted by Gasteiger charge is -2.30. The van der Waals surface area contributed by atoms with Crippen LogP contribution in [0.3, 0.4) is 0 Å². The van der Waals surface area contributed by atoms with Crippen molar-refractivity contribution in [3.63, 3.8) is 0 Å². The van der Waals surface area contributed by atoms with Gasteiger partial charge in [-0.1, -0.05) is 62.2 Å². The number of hydrogen-bond acceptors (Lipinski definition) is 2. The van der Waals surface area contributed by atoms with Gasteiger partial charge in [-0.25, -0.2) is 4.39 Å². The van der Waals surface area contributed by atoms with Crippen molar-refractivity contribution in [1.82, 2.24) is 10.2 Å². The Labute approximate surface area is 160 Å². The van der Waals surface area contributed by atoms with Crippen molar-refractivity contribution in [3.05, 3.63) is 71.5 Å². The van der Waals surface area contributed by atoms with E-state index in [1.807, 2.05) is 30.3 Å². The van der Waals surface area contributed by atoms with Gasteiger partial charge in [0.2, 0.25) is 11.8 Å². The minimum Gasteiger partial charge on any atom is -0.354 e. The van der Waals surface area contributed by atoms with Gasteiger partial charge < -0.3 is 10.2 Å². The zero-order valence-corrected chi connectivity index (χ0v) is 16.0. The van der Waals surface area contributed by atoms with Gasteiger partial charge in [-0.3, -0.25) is 9.59 Å². The molecule has 0 bridgehead atoms. The number of benzene rings is 2. The van der Waals surface area contributed by atoms with Gasteiger partial charge in [-0.2, -0.15) is 0 Å². The van der Waals surface area contributed by atoms with Crippen LogP contribution in [0.2, 0.25) is 0 Å². The Morgan fingerprint density at radius 3 is 2.30 bits per heavy atom. The normalized spacial score (nSPS) is 11.7. The Morgan fingerprint density at radius 1 is 1.04 bits per heavy atom. The van der Waals surface area contributed by atoms with E-state index in [-0.39, 0.29) is 24.2 Å². The first-order valence-electron chi connectivity index (χ1n) is 9.37. The van der Waals surface area contributed by atoms with E-state index >= 15 is 0 Å². The molecule has 2 aromatic rings. The van der Waals surface area contributed by atoms with Crippen LogP contribution in [0.4, 0.5) is 4.39 Å². The largest absolute Gasteiger partial charge is 0.354 e. The summed E-state index contributed by atoms with van der Waals surface area (Å²) in [6.07, 6.45) is 3.02. The molecule has 4 nitrogen and oxygen atoms in total. The van der Waals surface area contributed by atoms with Crippen LogP contribution in [0.15, 0.2) is 54.6 Å². The van der Waals surface area contributed by atoms with Crippen molar-refractivity contribution in [3.8, 4) is 0 Å². The molecule has 1 N–H and O–H groups in total. The summed E-state index contributed by atoms with van der Waals surface area (Å²) in [5, 5.41) is 2.95. The van der Waals surface area contributed by atoms with Crippen molar-refractivity contribution in [2.24, 2.45) is 0 Å². The van der Waals surface area contributed by atoms with Crippen LogP contribution in [0.1, 0.15) is 50.3 Å². The van der Waals surface area contributed by atoms with Crippen molar-refractivity contribution < 1.29 is 14.0 Å². The first kappa shape index (κ1) is 20.6. The molecule has 0 aliphatic heterocycles. The molecule has 0 aromatic heterocycles. The Balaban J connectivity index is 2.26. The average molecular weight is 370 g/mol. The van der Waals surface area contributed by atoms with Crippen molar-refractivity contribution in [1.29, 1.82) is 0 Å². The van der Waals surface area contributed by atoms with E-state index in [2.05, 4.69) is 12.2 Å². The van der Waals surface area contributed by atoms with Crippen LogP contribution in [-0.2, 0) is 16.1 Å². The van der Waals surface area contributed by atoms with E-state index in [4.69, 9.17) is 0 Å². The molecule has 0 saturated carbocycles. The Hall–Kier alpha value is -2.69. The summed E-state index contributed by atoms with van der Waals surface area (Å²) in [5.41, 5.74) is 1.52. The summed E-state index contributed by atoms with van der Waals surface area (Å²) in [6, 6.07) is 14.5. The Morgan fingerprint density at radius 2 is 1.70 bits per heavy atom. The van der Waals surface area contributed by atoms with Crippen LogP contribution in [0.5, 0.6) is 0 Å². The summed E-state index contributed by atoms with van der Waals surface area (Å²) >= 11 is 0. The molecule has 0 fully saturated rings. The maximum Gasteiger partial charge on any atom is 0.247 e. The molecule has 2 rings (SSSR count). The topological polar surface area (TPSA) is 49.4 Å². The zero-order valence-electron chi connectivity index (χ0n) is 16.0. The lowest BCUT2D eigenvalue weighted by molar-refractivity contribution is -0.140. The zero-order chi connectivity index (χ0) is 19.6. The van der Waals surface area contributed by atoms with Crippen molar-refractivity contribution in [2.45, 2.75) is 45.7 Å². The Kier molecular flexibility index (Phi) is 7.99. The third-order valence-corrected chi connectivity index (χ3v) is 4.43. The van der Waals surface area contributed by atoms with Crippen LogP contribution >= 0.6 is 0 Å². The highest BCUT2D eigenvalue weighted by molar-refractivity contribution is 5.88. The number of nitrogens with one attached hydrogen (secondary N) is 1. The van der Waals surface area contributed by atoms with Gasteiger partial charge in [0.1, 0.15) is 11.9 Å². The second-order valence-electron chi connectivity index (χ2n) is 6.58. The van der Waals surface area contributed by atoms with Crippen LogP contribution < -0.4 is 5.32 Å². The molecular formula is C22H27FN2O2. The number of hydrogen-bond donors (Lipinski definition) is 1. The predicted octanol–water partition coefficient (Wildman–Crippen LogP) is 4.22. The number of carbonyl (C=O) groups excluding carboxylic acids is 2. The molecule has 0 aliphatic rings. The predicted molar refractivity (Wildman–Crippen MR) is 104 cm³/mol. The second kappa shape index (κ2) is 10.5. The number of nitrogens with zero attached hydrogens (tertiary/aromatic N) is 1. The summed E-state index contributed by atoms with van der Waals surface area (Å²) in [7, 11) is 0. The number of unbranched alkanes of at least 4 members (excludes halogenated alkanes) is 2.